The van der Waals surface area contributed by atoms with Gasteiger partial charge in [-0.15, -0.1) is 0 Å². The average molecular weight is 232 g/mol. The first-order valence-electron chi connectivity index (χ1n) is 3.80. The van der Waals surface area contributed by atoms with Crippen LogP contribution in [0.4, 0.5) is 0 Å². The van der Waals surface area contributed by atoms with Crippen molar-refractivity contribution in [1.82, 2.24) is 0 Å². The molecule has 0 amide bonds. The van der Waals surface area contributed by atoms with E-state index in [1.54, 1.807) is 0 Å². The maximum atomic E-state index is 10.8. The molecule has 0 heterocycles. The van der Waals surface area contributed by atoms with Crippen LogP contribution < -0.4 is 0 Å². The van der Waals surface area contributed by atoms with Gasteiger partial charge in [-0.05, 0) is 23.8 Å². The second kappa shape index (κ2) is 3.97. The minimum absolute atomic E-state index is 0.0996. The van der Waals surface area contributed by atoms with Crippen LogP contribution in [0.3, 0.4) is 0 Å². The molecule has 0 saturated heterocycles. The maximum absolute atomic E-state index is 10.8. The van der Waals surface area contributed by atoms with E-state index in [1.165, 1.54) is 0 Å². The van der Waals surface area contributed by atoms with E-state index in [-0.39, 0.29) is 11.1 Å². The molecule has 15 heavy (non-hydrogen) atoms. The number of hydrogen-bond acceptors (Lipinski definition) is 4. The Hall–Kier alpha value is -1.44. The Kier molecular flexibility index (Phi) is 3.08. The molecule has 0 aromatic heterocycles. The summed E-state index contributed by atoms with van der Waals surface area (Å²) < 4.78 is 30.2. The maximum Gasteiger partial charge on any atom is 0.335 e. The van der Waals surface area contributed by atoms with Gasteiger partial charge < -0.3 is 10.2 Å². The van der Waals surface area contributed by atoms with Crippen molar-refractivity contribution in [2.24, 2.45) is 0 Å². The van der Waals surface area contributed by atoms with Crippen LogP contribution in [0, 0.1) is 0 Å². The van der Waals surface area contributed by atoms with Crippen molar-refractivity contribution >= 4 is 16.1 Å². The fourth-order valence-electron chi connectivity index (χ4n) is 1.02. The first-order valence-corrected chi connectivity index (χ1v) is 5.24. The van der Waals surface area contributed by atoms with Crippen molar-refractivity contribution in [3.05, 3.63) is 29.3 Å². The molecule has 82 valence electrons. The number of carboxylic acids is 1. The standard InChI is InChI=1S/C8H8O6S/c9-4-5-1-6(8(10)11)3-7(2-5)15(12,13)14/h1-3,9H,4H2,(H,10,11)(H,12,13,14). The molecule has 3 N–H and O–H groups in total. The Balaban J connectivity index is 3.43. The Morgan fingerprint density at radius 3 is 2.27 bits per heavy atom. The van der Waals surface area contributed by atoms with Gasteiger partial charge in [-0.25, -0.2) is 4.79 Å². The first-order chi connectivity index (χ1) is 6.84. The molecule has 1 rings (SSSR count). The Morgan fingerprint density at radius 2 is 1.87 bits per heavy atom. The van der Waals surface area contributed by atoms with E-state index >= 15 is 0 Å². The van der Waals surface area contributed by atoms with Crippen LogP contribution in [0.5, 0.6) is 0 Å². The summed E-state index contributed by atoms with van der Waals surface area (Å²) >= 11 is 0. The number of carboxylic acid groups (broad SMARTS) is 1. The van der Waals surface area contributed by atoms with Crippen molar-refractivity contribution in [2.45, 2.75) is 11.5 Å². The third kappa shape index (κ3) is 2.75. The van der Waals surface area contributed by atoms with Crippen LogP contribution in [0.25, 0.3) is 0 Å². The summed E-state index contributed by atoms with van der Waals surface area (Å²) in [5.74, 6) is -1.34. The molecule has 1 aromatic carbocycles. The monoisotopic (exact) mass is 232 g/mol. The van der Waals surface area contributed by atoms with Gasteiger partial charge in [0.1, 0.15) is 0 Å². The summed E-state index contributed by atoms with van der Waals surface area (Å²) in [7, 11) is -4.47. The van der Waals surface area contributed by atoms with Crippen molar-refractivity contribution in [1.29, 1.82) is 0 Å². The topological polar surface area (TPSA) is 112 Å². The SMILES string of the molecule is O=C(O)c1cc(CO)cc(S(=O)(=O)O)c1. The van der Waals surface area contributed by atoms with E-state index in [1.807, 2.05) is 0 Å². The molecule has 0 aliphatic rings. The summed E-state index contributed by atoms with van der Waals surface area (Å²) in [6, 6.07) is 2.94. The summed E-state index contributed by atoms with van der Waals surface area (Å²) in [6.07, 6.45) is 0. The summed E-state index contributed by atoms with van der Waals surface area (Å²) in [5.41, 5.74) is -0.211. The van der Waals surface area contributed by atoms with E-state index < -0.39 is 27.6 Å². The van der Waals surface area contributed by atoms with Crippen LogP contribution in [0.2, 0.25) is 0 Å². The van der Waals surface area contributed by atoms with Crippen molar-refractivity contribution in [3.63, 3.8) is 0 Å². The molecule has 0 unspecified atom stereocenters. The van der Waals surface area contributed by atoms with Gasteiger partial charge in [-0.3, -0.25) is 4.55 Å². The molecule has 0 bridgehead atoms. The molecule has 0 aliphatic heterocycles. The number of rotatable bonds is 3. The molecular weight excluding hydrogens is 224 g/mol. The number of hydrogen-bond donors (Lipinski definition) is 3. The molecule has 0 atom stereocenters. The second-order valence-electron chi connectivity index (χ2n) is 2.80. The highest BCUT2D eigenvalue weighted by atomic mass is 32.2. The minimum atomic E-state index is -4.47. The molecule has 6 nitrogen and oxygen atoms in total. The van der Waals surface area contributed by atoms with E-state index in [4.69, 9.17) is 14.8 Å². The summed E-state index contributed by atoms with van der Waals surface area (Å²) in [5, 5.41) is 17.4. The fourth-order valence-corrected chi connectivity index (χ4v) is 1.60. The van der Waals surface area contributed by atoms with Gasteiger partial charge in [0.2, 0.25) is 0 Å². The predicted molar refractivity (Wildman–Crippen MR) is 49.1 cm³/mol. The van der Waals surface area contributed by atoms with E-state index in [0.717, 1.165) is 18.2 Å². The van der Waals surface area contributed by atoms with Gasteiger partial charge in [0.15, 0.2) is 0 Å². The zero-order valence-electron chi connectivity index (χ0n) is 7.41. The van der Waals surface area contributed by atoms with Gasteiger partial charge in [-0.1, -0.05) is 0 Å². The number of carbonyl (C=O) groups is 1. The fraction of sp³-hybridized carbons (Fsp3) is 0.125. The zero-order valence-corrected chi connectivity index (χ0v) is 8.23. The zero-order chi connectivity index (χ0) is 11.6. The minimum Gasteiger partial charge on any atom is -0.478 e. The number of aliphatic hydroxyl groups excluding tert-OH is 1. The van der Waals surface area contributed by atoms with Gasteiger partial charge in [0.05, 0.1) is 17.1 Å². The first kappa shape index (κ1) is 11.6. The van der Waals surface area contributed by atoms with Crippen LogP contribution >= 0.6 is 0 Å². The molecule has 0 saturated carbocycles. The quantitative estimate of drug-likeness (QED) is 0.638. The highest BCUT2D eigenvalue weighted by Gasteiger charge is 2.14. The molecule has 0 aliphatic carbocycles. The largest absolute Gasteiger partial charge is 0.478 e. The van der Waals surface area contributed by atoms with Crippen LogP contribution in [0.15, 0.2) is 23.1 Å². The number of benzene rings is 1. The third-order valence-corrected chi connectivity index (χ3v) is 2.53. The van der Waals surface area contributed by atoms with Gasteiger partial charge in [0.25, 0.3) is 10.1 Å². The second-order valence-corrected chi connectivity index (χ2v) is 4.23. The van der Waals surface area contributed by atoms with Crippen molar-refractivity contribution in [2.75, 3.05) is 0 Å². The van der Waals surface area contributed by atoms with Gasteiger partial charge >= 0.3 is 5.97 Å². The molecule has 0 fully saturated rings. The molecule has 7 heteroatoms. The summed E-state index contributed by atoms with van der Waals surface area (Å²) in [6.45, 7) is -0.510. The average Bonchev–Trinajstić information content (AvgIpc) is 2.15. The van der Waals surface area contributed by atoms with Crippen LogP contribution in [-0.2, 0) is 16.7 Å². The van der Waals surface area contributed by atoms with Crippen LogP contribution in [-0.4, -0.2) is 29.2 Å². The van der Waals surface area contributed by atoms with Gasteiger partial charge in [-0.2, -0.15) is 8.42 Å². The van der Waals surface area contributed by atoms with E-state index in [9.17, 15) is 13.2 Å². The Labute approximate surface area is 85.5 Å². The lowest BCUT2D eigenvalue weighted by Crippen LogP contribution is -2.04. The van der Waals surface area contributed by atoms with Crippen molar-refractivity contribution in [3.8, 4) is 0 Å². The molecule has 1 aromatic rings. The van der Waals surface area contributed by atoms with E-state index in [0.29, 0.717) is 0 Å². The lowest BCUT2D eigenvalue weighted by Gasteiger charge is -2.03. The van der Waals surface area contributed by atoms with Crippen LogP contribution in [0.1, 0.15) is 15.9 Å². The Morgan fingerprint density at radius 1 is 1.27 bits per heavy atom. The lowest BCUT2D eigenvalue weighted by atomic mass is 10.1. The number of aromatic carboxylic acids is 1. The lowest BCUT2D eigenvalue weighted by molar-refractivity contribution is 0.0696. The smallest absolute Gasteiger partial charge is 0.335 e. The summed E-state index contributed by atoms with van der Waals surface area (Å²) in [4.78, 5) is 10.0. The van der Waals surface area contributed by atoms with Crippen molar-refractivity contribution < 1.29 is 28.0 Å². The van der Waals surface area contributed by atoms with E-state index in [2.05, 4.69) is 0 Å². The molecule has 0 spiro atoms. The Bertz CT molecular complexity index is 490. The third-order valence-electron chi connectivity index (χ3n) is 1.69. The van der Waals surface area contributed by atoms with Gasteiger partial charge in [0, 0.05) is 0 Å². The number of aliphatic hydroxyl groups is 1. The molecule has 0 radical (unpaired) electrons. The normalized spacial score (nSPS) is 11.3. The molecular formula is C8H8O6S. The predicted octanol–water partition coefficient (Wildman–Crippen LogP) is 0.124. The highest BCUT2D eigenvalue weighted by Crippen LogP contribution is 2.15. The highest BCUT2D eigenvalue weighted by molar-refractivity contribution is 7.85.